The van der Waals surface area contributed by atoms with Gasteiger partial charge in [0.05, 0.1) is 10.5 Å². The summed E-state index contributed by atoms with van der Waals surface area (Å²) in [7, 11) is 0. The van der Waals surface area contributed by atoms with Crippen molar-refractivity contribution in [1.82, 2.24) is 9.88 Å². The van der Waals surface area contributed by atoms with Crippen LogP contribution < -0.4 is 5.32 Å². The van der Waals surface area contributed by atoms with Crippen LogP contribution in [0.15, 0.2) is 35.0 Å². The molecule has 0 fully saturated rings. The van der Waals surface area contributed by atoms with Crippen molar-refractivity contribution in [2.45, 2.75) is 53.4 Å². The van der Waals surface area contributed by atoms with Crippen LogP contribution in [-0.2, 0) is 12.8 Å². The molecule has 1 heterocycles. The summed E-state index contributed by atoms with van der Waals surface area (Å²) in [5.41, 5.74) is 4.02. The van der Waals surface area contributed by atoms with Gasteiger partial charge in [-0.25, -0.2) is 9.79 Å². The van der Waals surface area contributed by atoms with Gasteiger partial charge in [0.2, 0.25) is 0 Å². The zero-order valence-corrected chi connectivity index (χ0v) is 17.9. The molecule has 0 aliphatic carbocycles. The van der Waals surface area contributed by atoms with Gasteiger partial charge in [0.15, 0.2) is 0 Å². The van der Waals surface area contributed by atoms with Gasteiger partial charge in [-0.2, -0.15) is 0 Å². The molecule has 0 unspecified atom stereocenters. The zero-order chi connectivity index (χ0) is 20.0. The molecular weight excluding hydrogens is 381 g/mol. The largest absolute Gasteiger partial charge is 0.334 e. The molecule has 2 rings (SSSR count). The summed E-state index contributed by atoms with van der Waals surface area (Å²) in [5.74, 6) is 0. The molecule has 27 heavy (non-hydrogen) atoms. The average molecular weight is 408 g/mol. The maximum atomic E-state index is 13.1. The fourth-order valence-electron chi connectivity index (χ4n) is 3.24. The van der Waals surface area contributed by atoms with E-state index in [-0.39, 0.29) is 6.03 Å². The number of para-hydroxylation sites is 1. The first-order valence-corrected chi connectivity index (χ1v) is 10.2. The fourth-order valence-corrected chi connectivity index (χ4v) is 3.55. The molecule has 0 aliphatic rings. The van der Waals surface area contributed by atoms with E-state index in [0.29, 0.717) is 16.7 Å². The van der Waals surface area contributed by atoms with Crippen LogP contribution in [0.4, 0.5) is 4.79 Å². The highest BCUT2D eigenvalue weighted by atomic mass is 35.5. The lowest BCUT2D eigenvalue weighted by atomic mass is 10.1. The van der Waals surface area contributed by atoms with E-state index in [1.807, 2.05) is 25.1 Å². The Morgan fingerprint density at radius 2 is 2.04 bits per heavy atom. The molecule has 0 saturated carbocycles. The standard InChI is InChI=1S/C21H27Cl2N3O/c1-5-9-19-16(7-3)17-10-8-11-18(23)20(17)26(19)21(27)25-13-15(6-2)12-24-14(4)22/h8,10-12H,5-7,9,13H2,1-4H3,(H,25,27)/b15-12+,24-14+. The van der Waals surface area contributed by atoms with Gasteiger partial charge in [0, 0.05) is 23.8 Å². The average Bonchev–Trinajstić information content (AvgIpc) is 2.96. The molecule has 4 nitrogen and oxygen atoms in total. The number of rotatable bonds is 7. The number of nitrogens with zero attached hydrogens (tertiary/aromatic N) is 2. The quantitative estimate of drug-likeness (QED) is 0.536. The number of carbonyl (C=O) groups excluding carboxylic acids is 1. The number of aromatic nitrogens is 1. The third kappa shape index (κ3) is 4.94. The molecule has 0 aliphatic heterocycles. The number of hydrogen-bond acceptors (Lipinski definition) is 2. The number of aryl methyl sites for hydroxylation is 1. The number of carbonyl (C=O) groups is 1. The number of amides is 1. The van der Waals surface area contributed by atoms with Gasteiger partial charge in [0.25, 0.3) is 0 Å². The third-order valence-corrected chi connectivity index (χ3v) is 4.95. The van der Waals surface area contributed by atoms with E-state index in [1.54, 1.807) is 17.7 Å². The molecule has 6 heteroatoms. The second-order valence-corrected chi connectivity index (χ2v) is 7.38. The van der Waals surface area contributed by atoms with Crippen molar-refractivity contribution in [3.63, 3.8) is 0 Å². The van der Waals surface area contributed by atoms with Crippen LogP contribution in [0.3, 0.4) is 0 Å². The fraction of sp³-hybridized carbons (Fsp3) is 0.429. The predicted octanol–water partition coefficient (Wildman–Crippen LogP) is 6.32. The van der Waals surface area contributed by atoms with Crippen molar-refractivity contribution in [3.05, 3.63) is 46.3 Å². The lowest BCUT2D eigenvalue weighted by Gasteiger charge is -2.13. The Morgan fingerprint density at radius 1 is 1.30 bits per heavy atom. The number of nitrogens with one attached hydrogen (secondary N) is 1. The number of benzene rings is 1. The SMILES string of the molecule is CCCc1c(CC)c2cccc(Cl)c2n1C(=O)NC/C(=C/N=C(\C)Cl)CC. The molecule has 146 valence electrons. The maximum absolute atomic E-state index is 13.1. The summed E-state index contributed by atoms with van der Waals surface area (Å²) in [6, 6.07) is 5.64. The Hall–Kier alpha value is -1.78. The Kier molecular flexibility index (Phi) is 7.93. The second-order valence-electron chi connectivity index (χ2n) is 6.43. The van der Waals surface area contributed by atoms with E-state index >= 15 is 0 Å². The molecule has 1 amide bonds. The Balaban J connectivity index is 2.44. The van der Waals surface area contributed by atoms with E-state index in [2.05, 4.69) is 24.2 Å². The van der Waals surface area contributed by atoms with Gasteiger partial charge < -0.3 is 5.32 Å². The van der Waals surface area contributed by atoms with Gasteiger partial charge in [-0.1, -0.05) is 62.5 Å². The molecule has 0 atom stereocenters. The van der Waals surface area contributed by atoms with Crippen molar-refractivity contribution in [1.29, 1.82) is 0 Å². The summed E-state index contributed by atoms with van der Waals surface area (Å²) in [6.07, 6.45) is 5.14. The third-order valence-electron chi connectivity index (χ3n) is 4.54. The Bertz CT molecular complexity index is 877. The lowest BCUT2D eigenvalue weighted by Crippen LogP contribution is -2.31. The summed E-state index contributed by atoms with van der Waals surface area (Å²) in [5, 5.41) is 5.12. The molecule has 0 radical (unpaired) electrons. The van der Waals surface area contributed by atoms with Crippen LogP contribution in [0.1, 0.15) is 51.8 Å². The highest BCUT2D eigenvalue weighted by molar-refractivity contribution is 6.64. The first kappa shape index (κ1) is 21.5. The van der Waals surface area contributed by atoms with Crippen LogP contribution in [0, 0.1) is 0 Å². The van der Waals surface area contributed by atoms with Crippen LogP contribution in [0.2, 0.25) is 5.02 Å². The van der Waals surface area contributed by atoms with Crippen LogP contribution in [0.25, 0.3) is 10.9 Å². The molecule has 0 spiro atoms. The van der Waals surface area contributed by atoms with Gasteiger partial charge in [0.1, 0.15) is 5.17 Å². The highest BCUT2D eigenvalue weighted by Gasteiger charge is 2.21. The van der Waals surface area contributed by atoms with Crippen molar-refractivity contribution >= 4 is 45.3 Å². The molecule has 1 aromatic carbocycles. The Morgan fingerprint density at radius 3 is 2.63 bits per heavy atom. The Labute approximate surface area is 171 Å². The smallest absolute Gasteiger partial charge is 0.326 e. The minimum absolute atomic E-state index is 0.165. The van der Waals surface area contributed by atoms with Gasteiger partial charge in [-0.15, -0.1) is 0 Å². The van der Waals surface area contributed by atoms with Gasteiger partial charge >= 0.3 is 6.03 Å². The van der Waals surface area contributed by atoms with Gasteiger partial charge in [-0.05, 0) is 43.4 Å². The van der Waals surface area contributed by atoms with E-state index < -0.39 is 0 Å². The number of hydrogen-bond donors (Lipinski definition) is 1. The zero-order valence-electron chi connectivity index (χ0n) is 16.4. The first-order chi connectivity index (χ1) is 12.9. The number of fused-ring (bicyclic) bond motifs is 1. The molecular formula is C21H27Cl2N3O. The minimum atomic E-state index is -0.165. The monoisotopic (exact) mass is 407 g/mol. The van der Waals surface area contributed by atoms with Gasteiger partial charge in [-0.3, -0.25) is 4.57 Å². The van der Waals surface area contributed by atoms with Crippen LogP contribution in [-0.4, -0.2) is 22.3 Å². The lowest BCUT2D eigenvalue weighted by molar-refractivity contribution is 0.243. The highest BCUT2D eigenvalue weighted by Crippen LogP contribution is 2.32. The summed E-state index contributed by atoms with van der Waals surface area (Å²) in [4.78, 5) is 17.2. The van der Waals surface area contributed by atoms with E-state index in [1.165, 1.54) is 5.56 Å². The van der Waals surface area contributed by atoms with Crippen LogP contribution in [0.5, 0.6) is 0 Å². The molecule has 0 bridgehead atoms. The second kappa shape index (κ2) is 9.95. The minimum Gasteiger partial charge on any atom is -0.334 e. The van der Waals surface area contributed by atoms with Crippen molar-refractivity contribution in [2.24, 2.45) is 4.99 Å². The summed E-state index contributed by atoms with van der Waals surface area (Å²) >= 11 is 12.3. The van der Waals surface area contributed by atoms with E-state index in [0.717, 1.165) is 47.9 Å². The maximum Gasteiger partial charge on any atom is 0.326 e. The van der Waals surface area contributed by atoms with Crippen molar-refractivity contribution in [2.75, 3.05) is 6.54 Å². The normalized spacial score (nSPS) is 12.7. The van der Waals surface area contributed by atoms with E-state index in [4.69, 9.17) is 23.2 Å². The molecule has 2 aromatic rings. The number of halogens is 2. The van der Waals surface area contributed by atoms with E-state index in [9.17, 15) is 4.79 Å². The van der Waals surface area contributed by atoms with Crippen molar-refractivity contribution in [3.8, 4) is 0 Å². The van der Waals surface area contributed by atoms with Crippen molar-refractivity contribution < 1.29 is 4.79 Å². The predicted molar refractivity (Wildman–Crippen MR) is 116 cm³/mol. The van der Waals surface area contributed by atoms with Crippen LogP contribution >= 0.6 is 23.2 Å². The molecule has 1 N–H and O–H groups in total. The first-order valence-electron chi connectivity index (χ1n) is 9.41. The summed E-state index contributed by atoms with van der Waals surface area (Å²) < 4.78 is 1.75. The molecule has 0 saturated heterocycles. The number of aliphatic imine (C=N–C) groups is 1. The summed E-state index contributed by atoms with van der Waals surface area (Å²) in [6.45, 7) is 8.39. The topological polar surface area (TPSA) is 46.4 Å². The molecule has 1 aromatic heterocycles.